The predicted molar refractivity (Wildman–Crippen MR) is 89.7 cm³/mol. The molecule has 0 aliphatic carbocycles. The first-order chi connectivity index (χ1) is 9.94. The number of sulfone groups is 1. The molecule has 7 heteroatoms. The summed E-state index contributed by atoms with van der Waals surface area (Å²) in [6.07, 6.45) is 3.86. The molecule has 5 nitrogen and oxygen atoms in total. The topological polar surface area (TPSA) is 75.3 Å². The zero-order valence-corrected chi connectivity index (χ0v) is 14.3. The minimum Gasteiger partial charge on any atom is -0.352 e. The SMILES string of the molecule is CS(=O)(=O)Cc1ccccc1CNC(=O)CC1CCCN1.Cl. The Morgan fingerprint density at radius 2 is 2.00 bits per heavy atom. The van der Waals surface area contributed by atoms with E-state index in [0.717, 1.165) is 30.5 Å². The molecule has 1 fully saturated rings. The van der Waals surface area contributed by atoms with Gasteiger partial charge in [0.05, 0.1) is 5.75 Å². The summed E-state index contributed by atoms with van der Waals surface area (Å²) in [7, 11) is -3.08. The third-order valence-corrected chi connectivity index (χ3v) is 4.44. The molecule has 2 rings (SSSR count). The summed E-state index contributed by atoms with van der Waals surface area (Å²) in [6.45, 7) is 1.35. The van der Waals surface area contributed by atoms with Crippen molar-refractivity contribution in [1.29, 1.82) is 0 Å². The number of rotatable bonds is 6. The van der Waals surface area contributed by atoms with Crippen LogP contribution in [0.1, 0.15) is 30.4 Å². The van der Waals surface area contributed by atoms with Crippen molar-refractivity contribution in [3.63, 3.8) is 0 Å². The molecule has 1 atom stereocenters. The molecule has 1 saturated heterocycles. The highest BCUT2D eigenvalue weighted by Crippen LogP contribution is 2.13. The maximum Gasteiger partial charge on any atom is 0.221 e. The van der Waals surface area contributed by atoms with Crippen LogP contribution < -0.4 is 10.6 Å². The summed E-state index contributed by atoms with van der Waals surface area (Å²) in [5.41, 5.74) is 1.61. The number of halogens is 1. The molecule has 2 N–H and O–H groups in total. The molecule has 1 amide bonds. The number of carbonyl (C=O) groups is 1. The van der Waals surface area contributed by atoms with Gasteiger partial charge in [-0.25, -0.2) is 8.42 Å². The first-order valence-electron chi connectivity index (χ1n) is 7.18. The van der Waals surface area contributed by atoms with E-state index in [0.29, 0.717) is 13.0 Å². The van der Waals surface area contributed by atoms with Crippen molar-refractivity contribution in [2.45, 2.75) is 37.6 Å². The number of hydrogen-bond acceptors (Lipinski definition) is 4. The van der Waals surface area contributed by atoms with Crippen LogP contribution in [0.25, 0.3) is 0 Å². The smallest absolute Gasteiger partial charge is 0.221 e. The second-order valence-corrected chi connectivity index (χ2v) is 7.75. The van der Waals surface area contributed by atoms with Crippen molar-refractivity contribution < 1.29 is 13.2 Å². The van der Waals surface area contributed by atoms with Crippen LogP contribution >= 0.6 is 12.4 Å². The summed E-state index contributed by atoms with van der Waals surface area (Å²) in [6, 6.07) is 7.59. The number of benzene rings is 1. The maximum absolute atomic E-state index is 11.9. The van der Waals surface area contributed by atoms with Crippen LogP contribution in [0.15, 0.2) is 24.3 Å². The van der Waals surface area contributed by atoms with E-state index in [1.807, 2.05) is 18.2 Å². The van der Waals surface area contributed by atoms with Crippen LogP contribution in [0.4, 0.5) is 0 Å². The van der Waals surface area contributed by atoms with Crippen LogP contribution in [-0.4, -0.2) is 33.2 Å². The zero-order chi connectivity index (χ0) is 15.3. The van der Waals surface area contributed by atoms with E-state index in [2.05, 4.69) is 10.6 Å². The Bertz CT molecular complexity index is 599. The summed E-state index contributed by atoms with van der Waals surface area (Å²) < 4.78 is 22.9. The molecule has 1 heterocycles. The molecule has 1 unspecified atom stereocenters. The summed E-state index contributed by atoms with van der Waals surface area (Å²) >= 11 is 0. The standard InChI is InChI=1S/C15H22N2O3S.ClH/c1-21(19,20)11-13-6-3-2-5-12(13)10-17-15(18)9-14-7-4-8-16-14;/h2-3,5-6,14,16H,4,7-11H2,1H3,(H,17,18);1H. The van der Waals surface area contributed by atoms with Gasteiger partial charge in [0.15, 0.2) is 9.84 Å². The van der Waals surface area contributed by atoms with Crippen molar-refractivity contribution in [3.8, 4) is 0 Å². The van der Waals surface area contributed by atoms with Gasteiger partial charge in [-0.05, 0) is 30.5 Å². The molecular formula is C15H23ClN2O3S. The Labute approximate surface area is 138 Å². The van der Waals surface area contributed by atoms with Crippen LogP contribution in [0.5, 0.6) is 0 Å². The number of nitrogens with one attached hydrogen (secondary N) is 2. The van der Waals surface area contributed by atoms with Gasteiger partial charge in [-0.3, -0.25) is 4.79 Å². The minimum atomic E-state index is -3.08. The second kappa shape index (κ2) is 8.50. The van der Waals surface area contributed by atoms with E-state index in [9.17, 15) is 13.2 Å². The zero-order valence-electron chi connectivity index (χ0n) is 12.7. The molecular weight excluding hydrogens is 324 g/mol. The number of hydrogen-bond donors (Lipinski definition) is 2. The van der Waals surface area contributed by atoms with Gasteiger partial charge >= 0.3 is 0 Å². The van der Waals surface area contributed by atoms with Gasteiger partial charge in [0, 0.05) is 25.3 Å². The third kappa shape index (κ3) is 6.34. The lowest BCUT2D eigenvalue weighted by molar-refractivity contribution is -0.121. The molecule has 0 saturated carbocycles. The van der Waals surface area contributed by atoms with Gasteiger partial charge in [0.25, 0.3) is 0 Å². The van der Waals surface area contributed by atoms with Gasteiger partial charge in [-0.2, -0.15) is 0 Å². The quantitative estimate of drug-likeness (QED) is 0.816. The van der Waals surface area contributed by atoms with Gasteiger partial charge in [0.2, 0.25) is 5.91 Å². The molecule has 0 aromatic heterocycles. The summed E-state index contributed by atoms with van der Waals surface area (Å²) in [5.74, 6) is 0.00649. The van der Waals surface area contributed by atoms with Crippen LogP contribution in [0, 0.1) is 0 Å². The summed E-state index contributed by atoms with van der Waals surface area (Å²) in [4.78, 5) is 11.9. The van der Waals surface area contributed by atoms with Crippen LogP contribution in [-0.2, 0) is 26.9 Å². The lowest BCUT2D eigenvalue weighted by Gasteiger charge is -2.12. The van der Waals surface area contributed by atoms with Crippen molar-refractivity contribution in [2.24, 2.45) is 0 Å². The van der Waals surface area contributed by atoms with Crippen LogP contribution in [0.3, 0.4) is 0 Å². The van der Waals surface area contributed by atoms with E-state index in [4.69, 9.17) is 0 Å². The Morgan fingerprint density at radius 3 is 2.59 bits per heavy atom. The van der Waals surface area contributed by atoms with Crippen molar-refractivity contribution in [3.05, 3.63) is 35.4 Å². The molecule has 1 aliphatic heterocycles. The summed E-state index contributed by atoms with van der Waals surface area (Å²) in [5, 5.41) is 6.17. The predicted octanol–water partition coefficient (Wildman–Crippen LogP) is 1.41. The monoisotopic (exact) mass is 346 g/mol. The Kier molecular flexibility index (Phi) is 7.32. The lowest BCUT2D eigenvalue weighted by atomic mass is 10.1. The molecule has 22 heavy (non-hydrogen) atoms. The highest BCUT2D eigenvalue weighted by atomic mass is 35.5. The van der Waals surface area contributed by atoms with Crippen molar-refractivity contribution in [1.82, 2.24) is 10.6 Å². The normalized spacial score (nSPS) is 17.8. The fourth-order valence-electron chi connectivity index (χ4n) is 2.57. The molecule has 1 aromatic carbocycles. The first-order valence-corrected chi connectivity index (χ1v) is 9.25. The molecule has 124 valence electrons. The molecule has 0 bridgehead atoms. The van der Waals surface area contributed by atoms with Gasteiger partial charge < -0.3 is 10.6 Å². The molecule has 1 aromatic rings. The molecule has 0 spiro atoms. The Morgan fingerprint density at radius 1 is 1.32 bits per heavy atom. The number of amides is 1. The minimum absolute atomic E-state index is 0. The van der Waals surface area contributed by atoms with E-state index >= 15 is 0 Å². The van der Waals surface area contributed by atoms with E-state index in [-0.39, 0.29) is 30.1 Å². The van der Waals surface area contributed by atoms with Crippen molar-refractivity contribution in [2.75, 3.05) is 12.8 Å². The Hall–Kier alpha value is -1.11. The fraction of sp³-hybridized carbons (Fsp3) is 0.533. The Balaban J connectivity index is 0.00000242. The van der Waals surface area contributed by atoms with Crippen LogP contribution in [0.2, 0.25) is 0 Å². The first kappa shape index (κ1) is 18.9. The van der Waals surface area contributed by atoms with E-state index in [1.54, 1.807) is 6.07 Å². The highest BCUT2D eigenvalue weighted by molar-refractivity contribution is 7.89. The van der Waals surface area contributed by atoms with E-state index < -0.39 is 9.84 Å². The molecule has 1 aliphatic rings. The van der Waals surface area contributed by atoms with Crippen molar-refractivity contribution >= 4 is 28.2 Å². The molecule has 0 radical (unpaired) electrons. The largest absolute Gasteiger partial charge is 0.352 e. The third-order valence-electron chi connectivity index (χ3n) is 3.61. The second-order valence-electron chi connectivity index (χ2n) is 5.61. The number of carbonyl (C=O) groups excluding carboxylic acids is 1. The highest BCUT2D eigenvalue weighted by Gasteiger charge is 2.17. The van der Waals surface area contributed by atoms with Gasteiger partial charge in [0.1, 0.15) is 0 Å². The maximum atomic E-state index is 11.9. The lowest BCUT2D eigenvalue weighted by Crippen LogP contribution is -2.31. The van der Waals surface area contributed by atoms with Gasteiger partial charge in [-0.1, -0.05) is 24.3 Å². The van der Waals surface area contributed by atoms with E-state index in [1.165, 1.54) is 6.26 Å². The van der Waals surface area contributed by atoms with Gasteiger partial charge in [-0.15, -0.1) is 12.4 Å². The average molecular weight is 347 g/mol. The average Bonchev–Trinajstić information content (AvgIpc) is 2.89. The fourth-order valence-corrected chi connectivity index (χ4v) is 3.42.